The van der Waals surface area contributed by atoms with Crippen LogP contribution < -0.4 is 10.1 Å². The number of aryl methyl sites for hydroxylation is 2. The zero-order valence-electron chi connectivity index (χ0n) is 17.3. The predicted octanol–water partition coefficient (Wildman–Crippen LogP) is 5.39. The minimum Gasteiger partial charge on any atom is -0.497 e. The molecule has 1 aromatic heterocycles. The van der Waals surface area contributed by atoms with E-state index in [1.54, 1.807) is 43.5 Å². The van der Waals surface area contributed by atoms with Crippen LogP contribution in [0.4, 0.5) is 17.3 Å². The fourth-order valence-corrected chi connectivity index (χ4v) is 4.04. The highest BCUT2D eigenvalue weighted by atomic mass is 32.2. The predicted molar refractivity (Wildman–Crippen MR) is 122 cm³/mol. The summed E-state index contributed by atoms with van der Waals surface area (Å²) in [5, 5.41) is 3.12. The number of rotatable bonds is 6. The molecule has 0 atom stereocenters. The van der Waals surface area contributed by atoms with Gasteiger partial charge in [0.2, 0.25) is 10.0 Å². The first-order valence-electron chi connectivity index (χ1n) is 9.59. The molecular formula is C23H21N4O3S-. The van der Waals surface area contributed by atoms with Crippen molar-refractivity contribution in [2.45, 2.75) is 18.7 Å². The Morgan fingerprint density at radius 1 is 0.871 bits per heavy atom. The molecule has 8 heteroatoms. The first-order valence-corrected chi connectivity index (χ1v) is 11.0. The Morgan fingerprint density at radius 2 is 1.61 bits per heavy atom. The molecular weight excluding hydrogens is 412 g/mol. The van der Waals surface area contributed by atoms with E-state index in [-0.39, 0.29) is 16.5 Å². The summed E-state index contributed by atoms with van der Waals surface area (Å²) in [6.45, 7) is 3.79. The number of sulfonamides is 1. The molecule has 0 saturated carbocycles. The molecule has 7 nitrogen and oxygen atoms in total. The molecule has 31 heavy (non-hydrogen) atoms. The number of nitrogens with one attached hydrogen (secondary N) is 1. The lowest BCUT2D eigenvalue weighted by molar-refractivity contribution is 0.415. The normalized spacial score (nSPS) is 11.3. The molecule has 0 radical (unpaired) electrons. The lowest BCUT2D eigenvalue weighted by atomic mass is 10.1. The second-order valence-corrected chi connectivity index (χ2v) is 8.66. The van der Waals surface area contributed by atoms with Gasteiger partial charge in [-0.1, -0.05) is 30.3 Å². The van der Waals surface area contributed by atoms with E-state index in [0.29, 0.717) is 22.5 Å². The monoisotopic (exact) mass is 433 g/mol. The Hall–Kier alpha value is -3.65. The van der Waals surface area contributed by atoms with Gasteiger partial charge < -0.3 is 19.8 Å². The number of hydrogen-bond acceptors (Lipinski definition) is 6. The maximum absolute atomic E-state index is 13.0. The number of hydrogen-bond donors (Lipinski definition) is 1. The van der Waals surface area contributed by atoms with E-state index in [1.807, 2.05) is 44.2 Å². The molecule has 0 saturated heterocycles. The number of nitrogens with zero attached hydrogens (tertiary/aromatic N) is 3. The van der Waals surface area contributed by atoms with Gasteiger partial charge in [-0.05, 0) is 66.6 Å². The number of benzene rings is 3. The van der Waals surface area contributed by atoms with E-state index >= 15 is 0 Å². The standard InChI is InChI=1S/C23H21N4O3S/c1-15-11-12-19(13-16(15)2)31(28,29)27-23-22(24-17-7-6-8-18(14-17)30-3)25-20-9-4-5-10-21(20)26-23/h4-14H,1-3H3,(H-,24,25,26,27)/q-1. The zero-order chi connectivity index (χ0) is 22.0. The smallest absolute Gasteiger partial charge is 0.202 e. The first-order chi connectivity index (χ1) is 14.9. The van der Waals surface area contributed by atoms with Crippen LogP contribution in [0.2, 0.25) is 0 Å². The van der Waals surface area contributed by atoms with Crippen LogP contribution in [0.15, 0.2) is 71.6 Å². The van der Waals surface area contributed by atoms with Crippen LogP contribution in [0.25, 0.3) is 15.8 Å². The lowest BCUT2D eigenvalue weighted by Crippen LogP contribution is -2.03. The maximum Gasteiger partial charge on any atom is 0.202 e. The molecule has 0 aliphatic carbocycles. The number of ether oxygens (including phenoxy) is 1. The fourth-order valence-electron chi connectivity index (χ4n) is 3.02. The van der Waals surface area contributed by atoms with Crippen LogP contribution >= 0.6 is 0 Å². The number of methoxy groups -OCH3 is 1. The third-order valence-electron chi connectivity index (χ3n) is 4.87. The summed E-state index contributed by atoms with van der Waals surface area (Å²) in [7, 11) is -2.42. The van der Waals surface area contributed by atoms with Crippen molar-refractivity contribution in [3.8, 4) is 5.75 Å². The Balaban J connectivity index is 1.77. The van der Waals surface area contributed by atoms with Gasteiger partial charge in [0.1, 0.15) is 11.6 Å². The quantitative estimate of drug-likeness (QED) is 0.438. The van der Waals surface area contributed by atoms with Crippen molar-refractivity contribution < 1.29 is 13.2 Å². The average molecular weight is 434 g/mol. The van der Waals surface area contributed by atoms with Gasteiger partial charge in [-0.3, -0.25) is 0 Å². The molecule has 3 aromatic carbocycles. The highest BCUT2D eigenvalue weighted by Gasteiger charge is 2.14. The van der Waals surface area contributed by atoms with Crippen molar-refractivity contribution in [2.24, 2.45) is 0 Å². The molecule has 0 unspecified atom stereocenters. The minimum atomic E-state index is -3.99. The molecule has 0 amide bonds. The van der Waals surface area contributed by atoms with E-state index in [0.717, 1.165) is 11.1 Å². The van der Waals surface area contributed by atoms with Crippen molar-refractivity contribution in [1.29, 1.82) is 0 Å². The van der Waals surface area contributed by atoms with Crippen LogP contribution in [0.5, 0.6) is 5.75 Å². The SMILES string of the molecule is COc1cccc(Nc2nc3ccccc3nc2[N-]S(=O)(=O)c2ccc(C)c(C)c2)c1. The average Bonchev–Trinajstić information content (AvgIpc) is 2.76. The molecule has 0 aliphatic rings. The van der Waals surface area contributed by atoms with Crippen molar-refractivity contribution in [3.05, 3.63) is 82.6 Å². The molecule has 158 valence electrons. The van der Waals surface area contributed by atoms with Gasteiger partial charge in [0.05, 0.1) is 17.5 Å². The van der Waals surface area contributed by atoms with Crippen LogP contribution in [0.3, 0.4) is 0 Å². The largest absolute Gasteiger partial charge is 0.497 e. The topological polar surface area (TPSA) is 95.3 Å². The van der Waals surface area contributed by atoms with Gasteiger partial charge >= 0.3 is 0 Å². The van der Waals surface area contributed by atoms with Crippen LogP contribution in [-0.4, -0.2) is 25.5 Å². The highest BCUT2D eigenvalue weighted by molar-refractivity contribution is 7.94. The molecule has 0 spiro atoms. The highest BCUT2D eigenvalue weighted by Crippen LogP contribution is 2.35. The molecule has 4 rings (SSSR count). The molecule has 1 N–H and O–H groups in total. The Morgan fingerprint density at radius 3 is 2.32 bits per heavy atom. The van der Waals surface area contributed by atoms with Crippen molar-refractivity contribution >= 4 is 38.4 Å². The third-order valence-corrected chi connectivity index (χ3v) is 6.13. The summed E-state index contributed by atoms with van der Waals surface area (Å²) < 4.78 is 35.3. The van der Waals surface area contributed by atoms with Crippen LogP contribution in [0.1, 0.15) is 11.1 Å². The van der Waals surface area contributed by atoms with E-state index in [2.05, 4.69) is 20.0 Å². The summed E-state index contributed by atoms with van der Waals surface area (Å²) in [5.41, 5.74) is 3.72. The second-order valence-electron chi connectivity index (χ2n) is 7.05. The van der Waals surface area contributed by atoms with Gasteiger partial charge in [0.25, 0.3) is 0 Å². The van der Waals surface area contributed by atoms with Crippen molar-refractivity contribution in [2.75, 3.05) is 12.4 Å². The molecule has 0 aliphatic heterocycles. The van der Waals surface area contributed by atoms with Gasteiger partial charge in [-0.15, -0.1) is 0 Å². The van der Waals surface area contributed by atoms with Crippen molar-refractivity contribution in [1.82, 2.24) is 9.97 Å². The molecule has 0 fully saturated rings. The van der Waals surface area contributed by atoms with Crippen LogP contribution in [0, 0.1) is 13.8 Å². The minimum absolute atomic E-state index is 0.0141. The van der Waals surface area contributed by atoms with E-state index in [4.69, 9.17) is 4.74 Å². The summed E-state index contributed by atoms with van der Waals surface area (Å²) >= 11 is 0. The van der Waals surface area contributed by atoms with Crippen molar-refractivity contribution in [3.63, 3.8) is 0 Å². The van der Waals surface area contributed by atoms with Gasteiger partial charge in [0, 0.05) is 11.8 Å². The summed E-state index contributed by atoms with van der Waals surface area (Å²) in [6, 6.07) is 19.4. The lowest BCUT2D eigenvalue weighted by Gasteiger charge is -2.21. The van der Waals surface area contributed by atoms with E-state index < -0.39 is 10.0 Å². The van der Waals surface area contributed by atoms with Gasteiger partial charge in [-0.2, -0.15) is 0 Å². The number of para-hydroxylation sites is 2. The Bertz CT molecular complexity index is 1370. The maximum atomic E-state index is 13.0. The number of fused-ring (bicyclic) bond motifs is 1. The zero-order valence-corrected chi connectivity index (χ0v) is 18.1. The first kappa shape index (κ1) is 20.6. The number of aromatic nitrogens is 2. The molecule has 4 aromatic rings. The Kier molecular flexibility index (Phi) is 5.48. The fraction of sp³-hybridized carbons (Fsp3) is 0.130. The second kappa shape index (κ2) is 8.23. The summed E-state index contributed by atoms with van der Waals surface area (Å²) in [6.07, 6.45) is 0. The van der Waals surface area contributed by atoms with E-state index in [1.165, 1.54) is 0 Å². The van der Waals surface area contributed by atoms with Crippen LogP contribution in [-0.2, 0) is 10.0 Å². The third kappa shape index (κ3) is 4.44. The Labute approximate surface area is 181 Å². The van der Waals surface area contributed by atoms with Gasteiger partial charge in [-0.25, -0.2) is 13.4 Å². The van der Waals surface area contributed by atoms with E-state index in [9.17, 15) is 8.42 Å². The number of anilines is 2. The molecule has 0 bridgehead atoms. The summed E-state index contributed by atoms with van der Waals surface area (Å²) in [5.74, 6) is 0.874. The molecule has 1 heterocycles. The van der Waals surface area contributed by atoms with Gasteiger partial charge in [0.15, 0.2) is 0 Å². The summed E-state index contributed by atoms with van der Waals surface area (Å²) in [4.78, 5) is 9.13.